The predicted octanol–water partition coefficient (Wildman–Crippen LogP) is 1.16. The molecule has 1 saturated heterocycles. The minimum absolute atomic E-state index is 0.247. The van der Waals surface area contributed by atoms with E-state index in [0.717, 1.165) is 13.0 Å². The van der Waals surface area contributed by atoms with Crippen LogP contribution in [0.4, 0.5) is 0 Å². The molecule has 12 heavy (non-hydrogen) atoms. The Morgan fingerprint density at radius 2 is 2.58 bits per heavy atom. The number of aliphatic carboxylic acids is 1. The minimum atomic E-state index is -0.699. The molecule has 2 heterocycles. The summed E-state index contributed by atoms with van der Waals surface area (Å²) in [5, 5.41) is 8.52. The van der Waals surface area contributed by atoms with Gasteiger partial charge in [-0.1, -0.05) is 0 Å². The number of carboxylic acid groups (broad SMARTS) is 1. The molecular weight excluding hydrogens is 174 g/mol. The lowest BCUT2D eigenvalue weighted by Crippen LogP contribution is -2.14. The maximum Gasteiger partial charge on any atom is 0.316 e. The largest absolute Gasteiger partial charge is 0.480 e. The molecule has 2 atom stereocenters. The average molecular weight is 183 g/mol. The summed E-state index contributed by atoms with van der Waals surface area (Å²) in [6.07, 6.45) is 4.44. The van der Waals surface area contributed by atoms with Gasteiger partial charge in [-0.3, -0.25) is 9.79 Å². The van der Waals surface area contributed by atoms with Crippen LogP contribution in [0.5, 0.6) is 0 Å². The van der Waals surface area contributed by atoms with Gasteiger partial charge in [0.15, 0.2) is 0 Å². The molecule has 0 bridgehead atoms. The molecule has 0 aromatic rings. The van der Waals surface area contributed by atoms with Crippen LogP contribution in [-0.2, 0) is 4.79 Å². The van der Waals surface area contributed by atoms with Crippen molar-refractivity contribution in [1.29, 1.82) is 0 Å². The number of hydrogen-bond donors (Lipinski definition) is 1. The summed E-state index contributed by atoms with van der Waals surface area (Å²) in [7, 11) is 0. The molecule has 2 aliphatic heterocycles. The zero-order chi connectivity index (χ0) is 8.55. The van der Waals surface area contributed by atoms with E-state index in [-0.39, 0.29) is 5.25 Å². The van der Waals surface area contributed by atoms with Crippen molar-refractivity contribution in [3.63, 3.8) is 0 Å². The highest BCUT2D eigenvalue weighted by Crippen LogP contribution is 2.42. The summed E-state index contributed by atoms with van der Waals surface area (Å²) in [5.74, 6) is -0.323. The van der Waals surface area contributed by atoms with Gasteiger partial charge in [-0.15, -0.1) is 11.8 Å². The van der Waals surface area contributed by atoms with Crippen molar-refractivity contribution in [3.8, 4) is 0 Å². The van der Waals surface area contributed by atoms with Crippen molar-refractivity contribution in [2.24, 2.45) is 10.9 Å². The van der Waals surface area contributed by atoms with Gasteiger partial charge < -0.3 is 5.11 Å². The highest BCUT2D eigenvalue weighted by atomic mass is 32.2. The van der Waals surface area contributed by atoms with Crippen molar-refractivity contribution < 1.29 is 9.90 Å². The van der Waals surface area contributed by atoms with Crippen LogP contribution in [0.2, 0.25) is 0 Å². The quantitative estimate of drug-likeness (QED) is 0.663. The fourth-order valence-corrected chi connectivity index (χ4v) is 2.75. The molecule has 64 valence electrons. The van der Waals surface area contributed by atoms with E-state index < -0.39 is 5.97 Å². The molecule has 0 radical (unpaired) electrons. The second-order valence-corrected chi connectivity index (χ2v) is 4.24. The minimum Gasteiger partial charge on any atom is -0.480 e. The molecule has 0 saturated carbocycles. The van der Waals surface area contributed by atoms with E-state index in [1.807, 2.05) is 6.08 Å². The van der Waals surface area contributed by atoms with Gasteiger partial charge in [0.25, 0.3) is 0 Å². The summed E-state index contributed by atoms with van der Waals surface area (Å²) in [6, 6.07) is 0. The molecule has 1 fully saturated rings. The lowest BCUT2D eigenvalue weighted by atomic mass is 10.0. The molecule has 3 nitrogen and oxygen atoms in total. The second-order valence-electron chi connectivity index (χ2n) is 2.96. The Balaban J connectivity index is 2.12. The molecule has 0 spiro atoms. The number of carbonyl (C=O) groups is 1. The molecule has 0 amide bonds. The molecular formula is C8H9NO2S. The number of fused-ring (bicyclic) bond motifs is 1. The number of thioether (sulfide) groups is 1. The van der Waals surface area contributed by atoms with Gasteiger partial charge in [-0.25, -0.2) is 0 Å². The predicted molar refractivity (Wildman–Crippen MR) is 48.6 cm³/mol. The van der Waals surface area contributed by atoms with Crippen molar-refractivity contribution in [2.75, 3.05) is 6.54 Å². The fraction of sp³-hybridized carbons (Fsp3) is 0.500. The first-order chi connectivity index (χ1) is 5.77. The number of hydrogen-bond acceptors (Lipinski definition) is 3. The van der Waals surface area contributed by atoms with Crippen LogP contribution < -0.4 is 0 Å². The van der Waals surface area contributed by atoms with E-state index in [4.69, 9.17) is 5.11 Å². The third-order valence-corrected chi connectivity index (χ3v) is 3.54. The second kappa shape index (κ2) is 2.94. The summed E-state index contributed by atoms with van der Waals surface area (Å²) < 4.78 is 0. The fourth-order valence-electron chi connectivity index (χ4n) is 1.49. The molecule has 4 heteroatoms. The van der Waals surface area contributed by atoms with Crippen LogP contribution in [0.1, 0.15) is 6.42 Å². The summed E-state index contributed by atoms with van der Waals surface area (Å²) in [4.78, 5) is 16.0. The number of rotatable bonds is 1. The monoisotopic (exact) mass is 183 g/mol. The Bertz CT molecular complexity index is 272. The van der Waals surface area contributed by atoms with Gasteiger partial charge in [-0.05, 0) is 17.4 Å². The van der Waals surface area contributed by atoms with Crippen LogP contribution in [0.25, 0.3) is 0 Å². The lowest BCUT2D eigenvalue weighted by Gasteiger charge is -2.09. The first kappa shape index (κ1) is 7.86. The van der Waals surface area contributed by atoms with Crippen LogP contribution in [0, 0.1) is 5.92 Å². The number of dihydropyridines is 1. The van der Waals surface area contributed by atoms with Gasteiger partial charge in [0.1, 0.15) is 5.25 Å². The van der Waals surface area contributed by atoms with E-state index in [0.29, 0.717) is 5.92 Å². The Morgan fingerprint density at radius 1 is 1.75 bits per heavy atom. The molecule has 1 N–H and O–H groups in total. The molecule has 0 aliphatic carbocycles. The topological polar surface area (TPSA) is 49.7 Å². The zero-order valence-electron chi connectivity index (χ0n) is 6.43. The number of nitrogens with zero attached hydrogens (tertiary/aromatic N) is 1. The highest BCUT2D eigenvalue weighted by Gasteiger charge is 2.34. The van der Waals surface area contributed by atoms with E-state index in [9.17, 15) is 4.79 Å². The first-order valence-corrected chi connectivity index (χ1v) is 4.75. The summed E-state index contributed by atoms with van der Waals surface area (Å²) in [6.45, 7) is 0.766. The first-order valence-electron chi connectivity index (χ1n) is 3.87. The van der Waals surface area contributed by atoms with Gasteiger partial charge in [0.05, 0.1) is 0 Å². The maximum atomic E-state index is 10.7. The number of aliphatic imine (C=N–C) groups is 1. The van der Waals surface area contributed by atoms with Crippen molar-refractivity contribution in [3.05, 3.63) is 11.0 Å². The lowest BCUT2D eigenvalue weighted by molar-refractivity contribution is -0.136. The summed E-state index contributed by atoms with van der Waals surface area (Å²) in [5.41, 5.74) is 0. The Morgan fingerprint density at radius 3 is 3.25 bits per heavy atom. The zero-order valence-corrected chi connectivity index (χ0v) is 7.25. The average Bonchev–Trinajstić information content (AvgIpc) is 2.46. The Labute approximate surface area is 74.6 Å². The van der Waals surface area contributed by atoms with Crippen LogP contribution in [-0.4, -0.2) is 29.1 Å². The molecule has 2 unspecified atom stereocenters. The smallest absolute Gasteiger partial charge is 0.316 e. The van der Waals surface area contributed by atoms with Crippen molar-refractivity contribution in [2.45, 2.75) is 11.7 Å². The Hall–Kier alpha value is -0.770. The Kier molecular flexibility index (Phi) is 1.92. The third kappa shape index (κ3) is 1.27. The standard InChI is InChI=1S/C8H9NO2S/c10-8(11)7-3-5-4-9-2-1-6(5)12-7/h1-2,5,7H,3-4H2,(H,10,11). The van der Waals surface area contributed by atoms with E-state index in [1.165, 1.54) is 16.7 Å². The van der Waals surface area contributed by atoms with E-state index >= 15 is 0 Å². The third-order valence-electron chi connectivity index (χ3n) is 2.12. The van der Waals surface area contributed by atoms with E-state index in [2.05, 4.69) is 4.99 Å². The number of allylic oxidation sites excluding steroid dienone is 1. The van der Waals surface area contributed by atoms with Gasteiger partial charge >= 0.3 is 5.97 Å². The normalized spacial score (nSPS) is 32.8. The maximum absolute atomic E-state index is 10.7. The SMILES string of the molecule is O=C(O)C1CC2CN=CC=C2S1. The highest BCUT2D eigenvalue weighted by molar-refractivity contribution is 8.04. The molecule has 0 aromatic heterocycles. The van der Waals surface area contributed by atoms with Crippen molar-refractivity contribution in [1.82, 2.24) is 0 Å². The van der Waals surface area contributed by atoms with Crippen molar-refractivity contribution >= 4 is 23.9 Å². The molecule has 2 rings (SSSR count). The van der Waals surface area contributed by atoms with Gasteiger partial charge in [0, 0.05) is 18.7 Å². The van der Waals surface area contributed by atoms with Crippen LogP contribution in [0.3, 0.4) is 0 Å². The summed E-state index contributed by atoms with van der Waals surface area (Å²) >= 11 is 1.47. The van der Waals surface area contributed by atoms with Crippen LogP contribution >= 0.6 is 11.8 Å². The molecule has 2 aliphatic rings. The van der Waals surface area contributed by atoms with Gasteiger partial charge in [0.2, 0.25) is 0 Å². The number of carboxylic acids is 1. The molecule has 0 aromatic carbocycles. The van der Waals surface area contributed by atoms with Gasteiger partial charge in [-0.2, -0.15) is 0 Å². The van der Waals surface area contributed by atoms with Crippen LogP contribution in [0.15, 0.2) is 16.0 Å². The van der Waals surface area contributed by atoms with E-state index in [1.54, 1.807) is 6.21 Å².